The van der Waals surface area contributed by atoms with E-state index in [4.69, 9.17) is 16.3 Å². The zero-order chi connectivity index (χ0) is 25.7. The fraction of sp³-hybridized carbons (Fsp3) is 0.423. The molecule has 3 heterocycles. The molecule has 0 aliphatic carbocycles. The maximum absolute atomic E-state index is 15.5. The van der Waals surface area contributed by atoms with Crippen LogP contribution < -0.4 is 4.74 Å². The molecule has 1 fully saturated rings. The number of likely N-dealkylation sites (tertiary alicyclic amines) is 1. The van der Waals surface area contributed by atoms with Crippen molar-refractivity contribution in [1.82, 2.24) is 14.9 Å². The van der Waals surface area contributed by atoms with Crippen LogP contribution in [0.4, 0.5) is 8.78 Å². The van der Waals surface area contributed by atoms with E-state index in [1.165, 1.54) is 24.0 Å². The summed E-state index contributed by atoms with van der Waals surface area (Å²) in [7, 11) is 1.54. The van der Waals surface area contributed by atoms with Crippen molar-refractivity contribution in [2.75, 3.05) is 32.5 Å². The smallest absolute Gasteiger partial charge is 0.308 e. The van der Waals surface area contributed by atoms with Gasteiger partial charge in [-0.05, 0) is 62.1 Å². The molecule has 10 heteroatoms. The highest BCUT2D eigenvalue weighted by molar-refractivity contribution is 7.99. The van der Waals surface area contributed by atoms with E-state index >= 15 is 4.39 Å². The Balaban J connectivity index is 1.37. The Morgan fingerprint density at radius 2 is 2.19 bits per heavy atom. The number of benzene rings is 1. The Kier molecular flexibility index (Phi) is 8.98. The molecule has 2 aromatic heterocycles. The Morgan fingerprint density at radius 1 is 1.36 bits per heavy atom. The molecule has 6 nitrogen and oxygen atoms in total. The standard InChI is InChI=1S/C26H28ClF2N3O3S/c1-35-17-5-7-23-18(13-17)24(20(27)14-31-23)21(28)6-4-16-8-10-32(15-19(16)26(33)34)11-12-36-25-22(29)3-2-9-30-25/h2-3,5,7,9,13-14,16,19,21H,4,6,8,10-12,15H2,1H3,(H,33,34)/t16-,19+,21-/m0/s1. The van der Waals surface area contributed by atoms with Gasteiger partial charge in [0, 0.05) is 42.2 Å². The van der Waals surface area contributed by atoms with Crippen LogP contribution in [0.15, 0.2) is 47.8 Å². The lowest BCUT2D eigenvalue weighted by molar-refractivity contribution is -0.146. The second-order valence-corrected chi connectivity index (χ2v) is 10.4. The molecule has 0 unspecified atom stereocenters. The van der Waals surface area contributed by atoms with Gasteiger partial charge >= 0.3 is 5.97 Å². The molecule has 1 aliphatic heterocycles. The number of methoxy groups -OCH3 is 1. The summed E-state index contributed by atoms with van der Waals surface area (Å²) in [5.41, 5.74) is 0.988. The molecule has 0 radical (unpaired) electrons. The molecule has 1 aromatic carbocycles. The Morgan fingerprint density at radius 3 is 2.94 bits per heavy atom. The van der Waals surface area contributed by atoms with Crippen LogP contribution in [0.25, 0.3) is 10.9 Å². The molecule has 192 valence electrons. The number of hydrogen-bond acceptors (Lipinski definition) is 6. The Bertz CT molecular complexity index is 1220. The third kappa shape index (κ3) is 6.25. The number of piperidine rings is 1. The van der Waals surface area contributed by atoms with Crippen LogP contribution >= 0.6 is 23.4 Å². The molecule has 0 amide bonds. The van der Waals surface area contributed by atoms with Crippen molar-refractivity contribution in [2.45, 2.75) is 30.5 Å². The maximum atomic E-state index is 15.5. The third-order valence-corrected chi connectivity index (χ3v) is 7.96. The average molecular weight is 536 g/mol. The van der Waals surface area contributed by atoms with Gasteiger partial charge in [0.15, 0.2) is 5.82 Å². The first kappa shape index (κ1) is 26.6. The predicted octanol–water partition coefficient (Wildman–Crippen LogP) is 6.04. The van der Waals surface area contributed by atoms with Crippen LogP contribution in [0.2, 0.25) is 5.02 Å². The summed E-state index contributed by atoms with van der Waals surface area (Å²) in [6.07, 6.45) is 2.90. The number of aliphatic carboxylic acids is 1. The summed E-state index contributed by atoms with van der Waals surface area (Å²) in [5, 5.41) is 11.0. The lowest BCUT2D eigenvalue weighted by Gasteiger charge is -2.36. The van der Waals surface area contributed by atoms with Crippen molar-refractivity contribution >= 4 is 40.2 Å². The van der Waals surface area contributed by atoms with E-state index < -0.39 is 18.1 Å². The number of nitrogens with zero attached hydrogens (tertiary/aromatic N) is 3. The third-order valence-electron chi connectivity index (χ3n) is 6.70. The Hall–Kier alpha value is -2.49. The zero-order valence-corrected chi connectivity index (χ0v) is 21.4. The lowest BCUT2D eigenvalue weighted by Crippen LogP contribution is -2.44. The molecule has 36 heavy (non-hydrogen) atoms. The first-order chi connectivity index (χ1) is 17.4. The van der Waals surface area contributed by atoms with Crippen molar-refractivity contribution in [3.05, 3.63) is 59.1 Å². The van der Waals surface area contributed by atoms with Crippen LogP contribution in [0.3, 0.4) is 0 Å². The van der Waals surface area contributed by atoms with Crippen LogP contribution in [0.5, 0.6) is 5.75 Å². The number of fused-ring (bicyclic) bond motifs is 1. The van der Waals surface area contributed by atoms with Crippen LogP contribution in [0, 0.1) is 17.7 Å². The van der Waals surface area contributed by atoms with Gasteiger partial charge in [-0.2, -0.15) is 0 Å². The van der Waals surface area contributed by atoms with Gasteiger partial charge in [-0.1, -0.05) is 11.6 Å². The number of carboxylic acid groups (broad SMARTS) is 1. The minimum atomic E-state index is -1.35. The van der Waals surface area contributed by atoms with Gasteiger partial charge in [-0.25, -0.2) is 13.8 Å². The van der Waals surface area contributed by atoms with E-state index in [9.17, 15) is 14.3 Å². The highest BCUT2D eigenvalue weighted by Gasteiger charge is 2.34. The van der Waals surface area contributed by atoms with E-state index in [0.717, 1.165) is 0 Å². The number of hydrogen-bond donors (Lipinski definition) is 1. The monoisotopic (exact) mass is 535 g/mol. The first-order valence-electron chi connectivity index (χ1n) is 11.8. The second-order valence-electron chi connectivity index (χ2n) is 8.88. The summed E-state index contributed by atoms with van der Waals surface area (Å²) in [6, 6.07) is 8.17. The molecule has 3 aromatic rings. The maximum Gasteiger partial charge on any atom is 0.308 e. The van der Waals surface area contributed by atoms with Gasteiger partial charge < -0.3 is 14.7 Å². The molecule has 1 saturated heterocycles. The number of carbonyl (C=O) groups is 1. The minimum Gasteiger partial charge on any atom is -0.497 e. The highest BCUT2D eigenvalue weighted by Crippen LogP contribution is 2.38. The molecule has 0 spiro atoms. The quantitative estimate of drug-likeness (QED) is 0.317. The van der Waals surface area contributed by atoms with Crippen molar-refractivity contribution in [2.24, 2.45) is 11.8 Å². The van der Waals surface area contributed by atoms with Gasteiger partial charge in [0.1, 0.15) is 16.9 Å². The number of ether oxygens (including phenoxy) is 1. The van der Waals surface area contributed by atoms with E-state index in [1.807, 2.05) is 0 Å². The van der Waals surface area contributed by atoms with Crippen LogP contribution in [0.1, 0.15) is 31.0 Å². The molecule has 0 bridgehead atoms. The minimum absolute atomic E-state index is 0.140. The van der Waals surface area contributed by atoms with E-state index in [2.05, 4.69) is 14.9 Å². The fourth-order valence-electron chi connectivity index (χ4n) is 4.76. The number of alkyl halides is 1. The van der Waals surface area contributed by atoms with Gasteiger partial charge in [0.05, 0.1) is 23.6 Å². The number of rotatable bonds is 10. The van der Waals surface area contributed by atoms with Crippen LogP contribution in [-0.2, 0) is 4.79 Å². The molecule has 0 saturated carbocycles. The van der Waals surface area contributed by atoms with Crippen molar-refractivity contribution in [3.8, 4) is 5.75 Å². The molecule has 4 rings (SSSR count). The van der Waals surface area contributed by atoms with Crippen molar-refractivity contribution in [1.29, 1.82) is 0 Å². The van der Waals surface area contributed by atoms with E-state index in [-0.39, 0.29) is 23.2 Å². The SMILES string of the molecule is COc1ccc2ncc(Cl)c([C@@H](F)CC[C@H]3CCN(CCSc4ncccc4F)C[C@H]3C(=O)O)c2c1. The molecular formula is C26H28ClF2N3O3S. The van der Waals surface area contributed by atoms with Gasteiger partial charge in [-0.15, -0.1) is 11.8 Å². The van der Waals surface area contributed by atoms with Gasteiger partial charge in [0.25, 0.3) is 0 Å². The zero-order valence-electron chi connectivity index (χ0n) is 19.9. The second kappa shape index (κ2) is 12.2. The molecular weight excluding hydrogens is 508 g/mol. The van der Waals surface area contributed by atoms with Gasteiger partial charge in [0.2, 0.25) is 0 Å². The molecule has 3 atom stereocenters. The summed E-state index contributed by atoms with van der Waals surface area (Å²) >= 11 is 7.66. The number of pyridine rings is 2. The predicted molar refractivity (Wildman–Crippen MR) is 137 cm³/mol. The molecule has 1 aliphatic rings. The van der Waals surface area contributed by atoms with Crippen molar-refractivity contribution in [3.63, 3.8) is 0 Å². The van der Waals surface area contributed by atoms with Crippen LogP contribution in [-0.4, -0.2) is 58.4 Å². The number of aromatic nitrogens is 2. The van der Waals surface area contributed by atoms with E-state index in [1.54, 1.807) is 37.6 Å². The average Bonchev–Trinajstić information content (AvgIpc) is 2.88. The van der Waals surface area contributed by atoms with E-state index in [0.29, 0.717) is 65.5 Å². The molecule has 1 N–H and O–H groups in total. The fourth-order valence-corrected chi connectivity index (χ4v) is 5.92. The Labute approximate surface area is 218 Å². The number of halogens is 3. The highest BCUT2D eigenvalue weighted by atomic mass is 35.5. The largest absolute Gasteiger partial charge is 0.497 e. The summed E-state index contributed by atoms with van der Waals surface area (Å²) in [6.45, 7) is 1.73. The normalized spacial score (nSPS) is 19.3. The summed E-state index contributed by atoms with van der Waals surface area (Å²) < 4.78 is 34.6. The first-order valence-corrected chi connectivity index (χ1v) is 13.2. The number of thioether (sulfide) groups is 1. The van der Waals surface area contributed by atoms with Gasteiger partial charge in [-0.3, -0.25) is 9.78 Å². The summed E-state index contributed by atoms with van der Waals surface area (Å²) in [4.78, 5) is 22.4. The lowest BCUT2D eigenvalue weighted by atomic mass is 9.81. The summed E-state index contributed by atoms with van der Waals surface area (Å²) in [5.74, 6) is -0.769. The number of carboxylic acids is 1. The topological polar surface area (TPSA) is 75.5 Å². The van der Waals surface area contributed by atoms with Crippen molar-refractivity contribution < 1.29 is 23.4 Å².